The van der Waals surface area contributed by atoms with E-state index in [-0.39, 0.29) is 11.9 Å². The zero-order valence-electron chi connectivity index (χ0n) is 12.9. The van der Waals surface area contributed by atoms with Crippen molar-refractivity contribution in [2.24, 2.45) is 5.92 Å². The third-order valence-corrected chi connectivity index (χ3v) is 3.05. The van der Waals surface area contributed by atoms with Gasteiger partial charge < -0.3 is 15.5 Å². The van der Waals surface area contributed by atoms with Gasteiger partial charge in [0.15, 0.2) is 0 Å². The molecule has 0 bridgehead atoms. The van der Waals surface area contributed by atoms with Crippen LogP contribution in [-0.2, 0) is 4.79 Å². The molecule has 2 N–H and O–H groups in total. The lowest BCUT2D eigenvalue weighted by Gasteiger charge is -2.26. The van der Waals surface area contributed by atoms with E-state index >= 15 is 0 Å². The van der Waals surface area contributed by atoms with E-state index in [2.05, 4.69) is 50.4 Å². The van der Waals surface area contributed by atoms with Crippen molar-refractivity contribution in [2.45, 2.75) is 52.6 Å². The molecule has 4 heteroatoms. The maximum Gasteiger partial charge on any atom is 0.221 e. The molecular formula is C14H31N3O. The quantitative estimate of drug-likeness (QED) is 0.657. The number of hydrogen-bond donors (Lipinski definition) is 2. The highest BCUT2D eigenvalue weighted by Gasteiger charge is 2.15. The highest BCUT2D eigenvalue weighted by Crippen LogP contribution is 2.08. The molecule has 0 heterocycles. The second kappa shape index (κ2) is 9.34. The van der Waals surface area contributed by atoms with Gasteiger partial charge in [-0.05, 0) is 39.9 Å². The van der Waals surface area contributed by atoms with Crippen molar-refractivity contribution >= 4 is 5.91 Å². The van der Waals surface area contributed by atoms with Crippen LogP contribution in [0.3, 0.4) is 0 Å². The van der Waals surface area contributed by atoms with Crippen molar-refractivity contribution in [3.63, 3.8) is 0 Å². The van der Waals surface area contributed by atoms with E-state index in [1.165, 1.54) is 0 Å². The second-order valence-electron chi connectivity index (χ2n) is 5.71. The summed E-state index contributed by atoms with van der Waals surface area (Å²) in [4.78, 5) is 14.0. The molecule has 0 aliphatic heterocycles. The first-order valence-corrected chi connectivity index (χ1v) is 7.03. The molecule has 0 aromatic heterocycles. The van der Waals surface area contributed by atoms with Crippen molar-refractivity contribution in [3.8, 4) is 0 Å². The molecule has 18 heavy (non-hydrogen) atoms. The van der Waals surface area contributed by atoms with Gasteiger partial charge in [-0.2, -0.15) is 0 Å². The van der Waals surface area contributed by atoms with Gasteiger partial charge in [-0.15, -0.1) is 0 Å². The van der Waals surface area contributed by atoms with Crippen LogP contribution >= 0.6 is 0 Å². The molecule has 0 aliphatic carbocycles. The molecule has 0 saturated carbocycles. The van der Waals surface area contributed by atoms with Gasteiger partial charge in [-0.3, -0.25) is 4.79 Å². The average Bonchev–Trinajstić information content (AvgIpc) is 2.23. The summed E-state index contributed by atoms with van der Waals surface area (Å²) in [6.07, 6.45) is 1.66. The lowest BCUT2D eigenvalue weighted by atomic mass is 10.0. The SMILES string of the molecule is CCNC(C)CC(=O)NCC(CC(C)C)N(C)C. The molecule has 1 amide bonds. The van der Waals surface area contributed by atoms with Crippen LogP contribution < -0.4 is 10.6 Å². The first-order valence-electron chi connectivity index (χ1n) is 7.03. The van der Waals surface area contributed by atoms with Crippen LogP contribution in [0.1, 0.15) is 40.5 Å². The fourth-order valence-corrected chi connectivity index (χ4v) is 2.02. The van der Waals surface area contributed by atoms with Crippen LogP contribution in [0, 0.1) is 5.92 Å². The lowest BCUT2D eigenvalue weighted by molar-refractivity contribution is -0.121. The minimum Gasteiger partial charge on any atom is -0.354 e. The smallest absolute Gasteiger partial charge is 0.221 e. The summed E-state index contributed by atoms with van der Waals surface area (Å²) >= 11 is 0. The fraction of sp³-hybridized carbons (Fsp3) is 0.929. The predicted octanol–water partition coefficient (Wildman–Crippen LogP) is 1.47. The summed E-state index contributed by atoms with van der Waals surface area (Å²) < 4.78 is 0. The van der Waals surface area contributed by atoms with E-state index in [9.17, 15) is 4.79 Å². The molecule has 0 aliphatic rings. The van der Waals surface area contributed by atoms with Gasteiger partial charge in [0.25, 0.3) is 0 Å². The van der Waals surface area contributed by atoms with E-state index in [1.54, 1.807) is 0 Å². The minimum atomic E-state index is 0.138. The fourth-order valence-electron chi connectivity index (χ4n) is 2.02. The van der Waals surface area contributed by atoms with Crippen LogP contribution in [0.25, 0.3) is 0 Å². The van der Waals surface area contributed by atoms with E-state index in [4.69, 9.17) is 0 Å². The Balaban J connectivity index is 3.99. The Bertz CT molecular complexity index is 229. The van der Waals surface area contributed by atoms with Gasteiger partial charge in [0.05, 0.1) is 0 Å². The summed E-state index contributed by atoms with van der Waals surface area (Å²) in [5.41, 5.74) is 0. The summed E-state index contributed by atoms with van der Waals surface area (Å²) in [6, 6.07) is 0.668. The van der Waals surface area contributed by atoms with Gasteiger partial charge in [-0.1, -0.05) is 20.8 Å². The number of likely N-dealkylation sites (N-methyl/N-ethyl adjacent to an activating group) is 1. The molecule has 0 fully saturated rings. The topological polar surface area (TPSA) is 44.4 Å². The molecule has 2 atom stereocenters. The lowest BCUT2D eigenvalue weighted by Crippen LogP contribution is -2.42. The second-order valence-corrected chi connectivity index (χ2v) is 5.71. The van der Waals surface area contributed by atoms with Crippen LogP contribution in [0.5, 0.6) is 0 Å². The number of amides is 1. The highest BCUT2D eigenvalue weighted by molar-refractivity contribution is 5.76. The van der Waals surface area contributed by atoms with Crippen molar-refractivity contribution in [1.82, 2.24) is 15.5 Å². The number of hydrogen-bond acceptors (Lipinski definition) is 3. The molecule has 0 rings (SSSR count). The van der Waals surface area contributed by atoms with Crippen molar-refractivity contribution in [2.75, 3.05) is 27.2 Å². The van der Waals surface area contributed by atoms with E-state index < -0.39 is 0 Å². The Morgan fingerprint density at radius 3 is 2.28 bits per heavy atom. The van der Waals surface area contributed by atoms with Gasteiger partial charge >= 0.3 is 0 Å². The Labute approximate surface area is 113 Å². The summed E-state index contributed by atoms with van der Waals surface area (Å²) in [6.45, 7) is 10.2. The van der Waals surface area contributed by atoms with Crippen LogP contribution in [-0.4, -0.2) is 50.1 Å². The third kappa shape index (κ3) is 8.48. The zero-order chi connectivity index (χ0) is 14.1. The molecule has 0 aromatic carbocycles. The molecule has 108 valence electrons. The molecule has 2 unspecified atom stereocenters. The highest BCUT2D eigenvalue weighted by atomic mass is 16.1. The first kappa shape index (κ1) is 17.4. The number of nitrogens with zero attached hydrogens (tertiary/aromatic N) is 1. The maximum absolute atomic E-state index is 11.8. The maximum atomic E-state index is 11.8. The van der Waals surface area contributed by atoms with Crippen LogP contribution in [0.15, 0.2) is 0 Å². The van der Waals surface area contributed by atoms with E-state index in [0.717, 1.165) is 19.5 Å². The Hall–Kier alpha value is -0.610. The number of carbonyl (C=O) groups excluding carboxylic acids is 1. The van der Waals surface area contributed by atoms with Crippen molar-refractivity contribution < 1.29 is 4.79 Å². The summed E-state index contributed by atoms with van der Waals surface area (Å²) in [7, 11) is 4.14. The van der Waals surface area contributed by atoms with Crippen LogP contribution in [0.4, 0.5) is 0 Å². The molecule has 4 nitrogen and oxygen atoms in total. The van der Waals surface area contributed by atoms with E-state index in [0.29, 0.717) is 18.4 Å². The average molecular weight is 257 g/mol. The Kier molecular flexibility index (Phi) is 9.02. The Morgan fingerprint density at radius 1 is 1.22 bits per heavy atom. The number of carbonyl (C=O) groups is 1. The monoisotopic (exact) mass is 257 g/mol. The van der Waals surface area contributed by atoms with Gasteiger partial charge in [-0.25, -0.2) is 0 Å². The molecule has 0 aromatic rings. The number of rotatable bonds is 9. The molecule has 0 spiro atoms. The normalized spacial score (nSPS) is 14.9. The van der Waals surface area contributed by atoms with Gasteiger partial charge in [0.2, 0.25) is 5.91 Å². The third-order valence-electron chi connectivity index (χ3n) is 3.05. The largest absolute Gasteiger partial charge is 0.354 e. The summed E-state index contributed by atoms with van der Waals surface area (Å²) in [5, 5.41) is 6.29. The number of nitrogens with one attached hydrogen (secondary N) is 2. The molecule has 0 radical (unpaired) electrons. The van der Waals surface area contributed by atoms with Gasteiger partial charge in [0, 0.05) is 25.0 Å². The molecule has 0 saturated heterocycles. The standard InChI is InChI=1S/C14H31N3O/c1-7-15-12(4)9-14(18)16-10-13(17(5)6)8-11(2)3/h11-13,15H,7-10H2,1-6H3,(H,16,18). The minimum absolute atomic E-state index is 0.138. The summed E-state index contributed by atoms with van der Waals surface area (Å²) in [5.74, 6) is 0.786. The van der Waals surface area contributed by atoms with Gasteiger partial charge in [0.1, 0.15) is 0 Å². The van der Waals surface area contributed by atoms with Crippen molar-refractivity contribution in [3.05, 3.63) is 0 Å². The predicted molar refractivity (Wildman–Crippen MR) is 77.7 cm³/mol. The molecular weight excluding hydrogens is 226 g/mol. The zero-order valence-corrected chi connectivity index (χ0v) is 12.9. The van der Waals surface area contributed by atoms with E-state index in [1.807, 2.05) is 6.92 Å². The first-order chi connectivity index (χ1) is 8.36. The van der Waals surface area contributed by atoms with Crippen LogP contribution in [0.2, 0.25) is 0 Å². The Morgan fingerprint density at radius 2 is 1.83 bits per heavy atom. The van der Waals surface area contributed by atoms with Crippen molar-refractivity contribution in [1.29, 1.82) is 0 Å².